The highest BCUT2D eigenvalue weighted by Crippen LogP contribution is 2.35. The molecule has 27 heavy (non-hydrogen) atoms. The van der Waals surface area contributed by atoms with Crippen molar-refractivity contribution >= 4 is 5.91 Å². The van der Waals surface area contributed by atoms with Crippen LogP contribution < -0.4 is 10.6 Å². The van der Waals surface area contributed by atoms with E-state index in [4.69, 9.17) is 9.84 Å². The van der Waals surface area contributed by atoms with E-state index in [-0.39, 0.29) is 6.54 Å². The number of carbonyl (C=O) groups is 1. The molecular formula is C18H26F2N2O5. The number of alkyl halides is 2. The third-order valence-corrected chi connectivity index (χ3v) is 4.59. The van der Waals surface area contributed by atoms with E-state index in [2.05, 4.69) is 10.6 Å². The van der Waals surface area contributed by atoms with Crippen LogP contribution in [-0.2, 0) is 16.1 Å². The minimum Gasteiger partial charge on any atom is -0.394 e. The number of carbonyl (C=O) groups excluding carboxylic acids is 1. The maximum Gasteiger partial charge on any atom is 0.239 e. The standard InChI is InChI=1S/C18H26F2N2O5/c1-10(24)22-13-14(21-8-11-6-4-3-5-7-11)17(19)18(2,20)27-16(13)15(26)12(25)9-23/h3-7,12-17,21,23,25-26H,8-9H2,1-2H3,(H,22,24). The Balaban J connectivity index is 2.30. The van der Waals surface area contributed by atoms with Crippen molar-refractivity contribution in [1.82, 2.24) is 10.6 Å². The maximum atomic E-state index is 14.8. The van der Waals surface area contributed by atoms with Crippen LogP contribution in [0.25, 0.3) is 0 Å². The average molecular weight is 388 g/mol. The molecule has 7 nitrogen and oxygen atoms in total. The number of amides is 1. The van der Waals surface area contributed by atoms with E-state index in [0.29, 0.717) is 0 Å². The van der Waals surface area contributed by atoms with Gasteiger partial charge in [-0.2, -0.15) is 0 Å². The Morgan fingerprint density at radius 2 is 1.93 bits per heavy atom. The van der Waals surface area contributed by atoms with Crippen LogP contribution in [0.2, 0.25) is 0 Å². The first-order chi connectivity index (χ1) is 12.7. The number of nitrogens with one attached hydrogen (secondary N) is 2. The van der Waals surface area contributed by atoms with E-state index in [9.17, 15) is 23.8 Å². The van der Waals surface area contributed by atoms with E-state index in [1.54, 1.807) is 24.3 Å². The van der Waals surface area contributed by atoms with Gasteiger partial charge >= 0.3 is 0 Å². The predicted molar refractivity (Wildman–Crippen MR) is 93.1 cm³/mol. The summed E-state index contributed by atoms with van der Waals surface area (Å²) in [4.78, 5) is 11.6. The smallest absolute Gasteiger partial charge is 0.239 e. The molecule has 1 heterocycles. The van der Waals surface area contributed by atoms with Gasteiger partial charge < -0.3 is 30.7 Å². The van der Waals surface area contributed by atoms with Crippen LogP contribution in [0.15, 0.2) is 30.3 Å². The summed E-state index contributed by atoms with van der Waals surface area (Å²) >= 11 is 0. The summed E-state index contributed by atoms with van der Waals surface area (Å²) in [7, 11) is 0. The highest BCUT2D eigenvalue weighted by Gasteiger charge is 2.56. The lowest BCUT2D eigenvalue weighted by Gasteiger charge is -2.48. The number of hydrogen-bond donors (Lipinski definition) is 5. The average Bonchev–Trinajstić information content (AvgIpc) is 2.63. The van der Waals surface area contributed by atoms with Gasteiger partial charge in [0, 0.05) is 13.5 Å². The Morgan fingerprint density at radius 1 is 1.30 bits per heavy atom. The highest BCUT2D eigenvalue weighted by atomic mass is 19.2. The third-order valence-electron chi connectivity index (χ3n) is 4.59. The molecule has 1 saturated heterocycles. The number of hydrogen-bond acceptors (Lipinski definition) is 6. The van der Waals surface area contributed by atoms with Gasteiger partial charge in [-0.1, -0.05) is 30.3 Å². The zero-order valence-electron chi connectivity index (χ0n) is 15.2. The Morgan fingerprint density at radius 3 is 2.48 bits per heavy atom. The molecule has 7 atom stereocenters. The van der Waals surface area contributed by atoms with Gasteiger partial charge in [-0.3, -0.25) is 4.79 Å². The number of ether oxygens (including phenoxy) is 1. The largest absolute Gasteiger partial charge is 0.394 e. The van der Waals surface area contributed by atoms with Gasteiger partial charge in [-0.25, -0.2) is 8.78 Å². The fraction of sp³-hybridized carbons (Fsp3) is 0.611. The van der Waals surface area contributed by atoms with Gasteiger partial charge in [-0.05, 0) is 12.5 Å². The lowest BCUT2D eigenvalue weighted by Crippen LogP contribution is -2.71. The third kappa shape index (κ3) is 5.20. The number of aliphatic hydroxyl groups is 3. The van der Waals surface area contributed by atoms with Crippen LogP contribution >= 0.6 is 0 Å². The first kappa shape index (κ1) is 21.6. The molecule has 1 fully saturated rings. The van der Waals surface area contributed by atoms with Crippen molar-refractivity contribution in [1.29, 1.82) is 0 Å². The molecule has 1 aromatic rings. The number of halogens is 2. The summed E-state index contributed by atoms with van der Waals surface area (Å²) in [5.41, 5.74) is 0.811. The summed E-state index contributed by atoms with van der Waals surface area (Å²) in [5.74, 6) is -3.31. The molecule has 0 radical (unpaired) electrons. The monoisotopic (exact) mass is 388 g/mol. The molecular weight excluding hydrogens is 362 g/mol. The molecule has 0 aliphatic carbocycles. The second-order valence-corrected chi connectivity index (χ2v) is 6.83. The molecule has 0 spiro atoms. The Kier molecular flexibility index (Phi) is 7.24. The summed E-state index contributed by atoms with van der Waals surface area (Å²) in [5, 5.41) is 34.4. The van der Waals surface area contributed by atoms with Crippen molar-refractivity contribution < 1.29 is 33.6 Å². The zero-order valence-corrected chi connectivity index (χ0v) is 15.2. The van der Waals surface area contributed by atoms with E-state index in [1.165, 1.54) is 6.92 Å². The van der Waals surface area contributed by atoms with Gasteiger partial charge in [0.05, 0.1) is 18.7 Å². The number of aliphatic hydroxyl groups excluding tert-OH is 3. The first-order valence-corrected chi connectivity index (χ1v) is 8.69. The minimum atomic E-state index is -2.77. The molecule has 5 N–H and O–H groups in total. The Hall–Kier alpha value is -1.65. The van der Waals surface area contributed by atoms with Crippen LogP contribution in [0, 0.1) is 0 Å². The summed E-state index contributed by atoms with van der Waals surface area (Å²) in [6.07, 6.45) is -7.03. The van der Waals surface area contributed by atoms with E-state index >= 15 is 0 Å². The van der Waals surface area contributed by atoms with Crippen LogP contribution in [0.1, 0.15) is 19.4 Å². The first-order valence-electron chi connectivity index (χ1n) is 8.69. The Labute approximate surface area is 156 Å². The van der Waals surface area contributed by atoms with Crippen LogP contribution in [0.4, 0.5) is 8.78 Å². The predicted octanol–water partition coefficient (Wildman–Crippen LogP) is -0.214. The molecule has 0 bridgehead atoms. The van der Waals surface area contributed by atoms with Gasteiger partial charge in [0.1, 0.15) is 18.3 Å². The van der Waals surface area contributed by atoms with Crippen molar-refractivity contribution in [3.8, 4) is 0 Å². The summed E-state index contributed by atoms with van der Waals surface area (Å²) < 4.78 is 34.6. The van der Waals surface area contributed by atoms with Crippen LogP contribution in [-0.4, -0.2) is 70.3 Å². The lowest BCUT2D eigenvalue weighted by atomic mass is 9.86. The molecule has 2 rings (SSSR count). The molecule has 1 aromatic carbocycles. The molecule has 1 aliphatic heterocycles. The highest BCUT2D eigenvalue weighted by molar-refractivity contribution is 5.73. The van der Waals surface area contributed by atoms with E-state index < -0.39 is 54.9 Å². The fourth-order valence-corrected chi connectivity index (χ4v) is 3.19. The quantitative estimate of drug-likeness (QED) is 0.442. The van der Waals surface area contributed by atoms with E-state index in [0.717, 1.165) is 12.5 Å². The van der Waals surface area contributed by atoms with Gasteiger partial charge in [0.15, 0.2) is 6.17 Å². The van der Waals surface area contributed by atoms with Crippen LogP contribution in [0.5, 0.6) is 0 Å². The van der Waals surface area contributed by atoms with E-state index in [1.807, 2.05) is 6.07 Å². The fourth-order valence-electron chi connectivity index (χ4n) is 3.19. The molecule has 9 heteroatoms. The summed E-state index contributed by atoms with van der Waals surface area (Å²) in [6.45, 7) is 1.45. The lowest BCUT2D eigenvalue weighted by molar-refractivity contribution is -0.273. The van der Waals surface area contributed by atoms with Crippen molar-refractivity contribution in [3.05, 3.63) is 35.9 Å². The molecule has 0 aromatic heterocycles. The SMILES string of the molecule is CC(=O)NC1C(NCc2ccccc2)C(F)C(C)(F)OC1C(O)C(O)CO. The second-order valence-electron chi connectivity index (χ2n) is 6.83. The molecule has 7 unspecified atom stereocenters. The topological polar surface area (TPSA) is 111 Å². The molecule has 1 amide bonds. The van der Waals surface area contributed by atoms with Crippen molar-refractivity contribution in [3.63, 3.8) is 0 Å². The second kappa shape index (κ2) is 9.03. The molecule has 152 valence electrons. The van der Waals surface area contributed by atoms with Crippen molar-refractivity contribution in [2.45, 2.75) is 62.8 Å². The minimum absolute atomic E-state index is 0.184. The maximum absolute atomic E-state index is 14.8. The van der Waals surface area contributed by atoms with Crippen molar-refractivity contribution in [2.75, 3.05) is 6.61 Å². The number of benzene rings is 1. The zero-order chi connectivity index (χ0) is 20.2. The van der Waals surface area contributed by atoms with Gasteiger partial charge in [-0.15, -0.1) is 0 Å². The van der Waals surface area contributed by atoms with Crippen molar-refractivity contribution in [2.24, 2.45) is 0 Å². The Bertz CT molecular complexity index is 619. The van der Waals surface area contributed by atoms with Crippen LogP contribution in [0.3, 0.4) is 0 Å². The molecule has 0 saturated carbocycles. The molecule has 1 aliphatic rings. The number of rotatable bonds is 7. The van der Waals surface area contributed by atoms with Gasteiger partial charge in [0.25, 0.3) is 0 Å². The van der Waals surface area contributed by atoms with Gasteiger partial charge in [0.2, 0.25) is 11.8 Å². The normalized spacial score (nSPS) is 33.3. The summed E-state index contributed by atoms with van der Waals surface area (Å²) in [6, 6.07) is 6.57.